The van der Waals surface area contributed by atoms with E-state index in [9.17, 15) is 0 Å². The molecule has 104 valence electrons. The van der Waals surface area contributed by atoms with Gasteiger partial charge in [-0.3, -0.25) is 0 Å². The van der Waals surface area contributed by atoms with Crippen LogP contribution in [0.2, 0.25) is 0 Å². The minimum Gasteiger partial charge on any atom is -0.395 e. The monoisotopic (exact) mass is 244 g/mol. The molecule has 0 aliphatic carbocycles. The van der Waals surface area contributed by atoms with Gasteiger partial charge in [0, 0.05) is 12.6 Å². The van der Waals surface area contributed by atoms with Gasteiger partial charge >= 0.3 is 0 Å². The standard InChI is InChI=1S/C14H32N2O/c1-6-9-16(11-12-17)10-8-13(15-7-2)14(3,4)5/h13,15,17H,6-12H2,1-5H3. The van der Waals surface area contributed by atoms with Crippen molar-refractivity contribution in [2.75, 3.05) is 32.8 Å². The summed E-state index contributed by atoms with van der Waals surface area (Å²) >= 11 is 0. The Bertz CT molecular complexity index is 172. The number of nitrogens with zero attached hydrogens (tertiary/aromatic N) is 1. The van der Waals surface area contributed by atoms with Gasteiger partial charge in [-0.2, -0.15) is 0 Å². The molecule has 0 rings (SSSR count). The lowest BCUT2D eigenvalue weighted by atomic mass is 9.84. The maximum Gasteiger partial charge on any atom is 0.0558 e. The maximum absolute atomic E-state index is 9.03. The smallest absolute Gasteiger partial charge is 0.0558 e. The number of rotatable bonds is 9. The van der Waals surface area contributed by atoms with Crippen LogP contribution in [0.25, 0.3) is 0 Å². The molecule has 0 heterocycles. The molecule has 0 aromatic heterocycles. The van der Waals surface area contributed by atoms with Crippen LogP contribution in [0, 0.1) is 5.41 Å². The third kappa shape index (κ3) is 7.74. The van der Waals surface area contributed by atoms with Crippen LogP contribution in [0.4, 0.5) is 0 Å². The average Bonchev–Trinajstić information content (AvgIpc) is 2.23. The van der Waals surface area contributed by atoms with E-state index in [1.165, 1.54) is 0 Å². The quantitative estimate of drug-likeness (QED) is 0.652. The Morgan fingerprint density at radius 3 is 2.18 bits per heavy atom. The first kappa shape index (κ1) is 16.9. The molecule has 0 aromatic rings. The summed E-state index contributed by atoms with van der Waals surface area (Å²) in [5.41, 5.74) is 0.299. The van der Waals surface area contributed by atoms with Gasteiger partial charge in [-0.15, -0.1) is 0 Å². The topological polar surface area (TPSA) is 35.5 Å². The number of hydrogen-bond acceptors (Lipinski definition) is 3. The Morgan fingerprint density at radius 2 is 1.76 bits per heavy atom. The van der Waals surface area contributed by atoms with Gasteiger partial charge in [0.05, 0.1) is 6.61 Å². The Morgan fingerprint density at radius 1 is 1.12 bits per heavy atom. The molecule has 0 aliphatic rings. The van der Waals surface area contributed by atoms with E-state index in [2.05, 4.69) is 44.8 Å². The molecule has 0 amide bonds. The molecule has 17 heavy (non-hydrogen) atoms. The summed E-state index contributed by atoms with van der Waals surface area (Å²) in [5, 5.41) is 12.6. The van der Waals surface area contributed by atoms with E-state index in [-0.39, 0.29) is 6.61 Å². The van der Waals surface area contributed by atoms with Crippen molar-refractivity contribution < 1.29 is 5.11 Å². The molecular formula is C14H32N2O. The van der Waals surface area contributed by atoms with Gasteiger partial charge in [-0.25, -0.2) is 0 Å². The molecule has 1 unspecified atom stereocenters. The molecule has 0 saturated carbocycles. The first-order chi connectivity index (χ1) is 7.95. The fourth-order valence-corrected chi connectivity index (χ4v) is 2.19. The van der Waals surface area contributed by atoms with E-state index >= 15 is 0 Å². The van der Waals surface area contributed by atoms with Crippen LogP contribution >= 0.6 is 0 Å². The highest BCUT2D eigenvalue weighted by Gasteiger charge is 2.23. The third-order valence-electron chi connectivity index (χ3n) is 3.19. The van der Waals surface area contributed by atoms with E-state index < -0.39 is 0 Å². The number of nitrogens with one attached hydrogen (secondary N) is 1. The minimum absolute atomic E-state index is 0.265. The molecule has 0 radical (unpaired) electrons. The highest BCUT2D eigenvalue weighted by atomic mass is 16.3. The normalized spacial score (nSPS) is 14.3. The zero-order valence-electron chi connectivity index (χ0n) is 12.4. The summed E-state index contributed by atoms with van der Waals surface area (Å²) in [6.07, 6.45) is 2.30. The van der Waals surface area contributed by atoms with Crippen molar-refractivity contribution in [1.82, 2.24) is 10.2 Å². The predicted octanol–water partition coefficient (Wildman–Crippen LogP) is 2.10. The Balaban J connectivity index is 4.16. The van der Waals surface area contributed by atoms with E-state index in [0.29, 0.717) is 11.5 Å². The van der Waals surface area contributed by atoms with Crippen LogP contribution in [-0.2, 0) is 0 Å². The lowest BCUT2D eigenvalue weighted by molar-refractivity contribution is 0.171. The van der Waals surface area contributed by atoms with E-state index in [0.717, 1.165) is 39.0 Å². The van der Waals surface area contributed by atoms with Gasteiger partial charge in [0.1, 0.15) is 0 Å². The zero-order valence-corrected chi connectivity index (χ0v) is 12.4. The number of aliphatic hydroxyl groups excluding tert-OH is 1. The van der Waals surface area contributed by atoms with Crippen molar-refractivity contribution >= 4 is 0 Å². The van der Waals surface area contributed by atoms with Crippen LogP contribution in [0.5, 0.6) is 0 Å². The van der Waals surface area contributed by atoms with Gasteiger partial charge in [0.15, 0.2) is 0 Å². The summed E-state index contributed by atoms with van der Waals surface area (Å²) in [6.45, 7) is 15.5. The van der Waals surface area contributed by atoms with Crippen LogP contribution in [0.15, 0.2) is 0 Å². The van der Waals surface area contributed by atoms with Crippen molar-refractivity contribution in [3.63, 3.8) is 0 Å². The molecule has 3 heteroatoms. The first-order valence-corrected chi connectivity index (χ1v) is 7.02. The van der Waals surface area contributed by atoms with Crippen molar-refractivity contribution in [2.45, 2.75) is 53.5 Å². The van der Waals surface area contributed by atoms with Gasteiger partial charge < -0.3 is 15.3 Å². The Kier molecular flexibility index (Phi) is 8.83. The molecule has 0 bridgehead atoms. The molecule has 0 saturated heterocycles. The first-order valence-electron chi connectivity index (χ1n) is 7.02. The molecule has 2 N–H and O–H groups in total. The van der Waals surface area contributed by atoms with Gasteiger partial charge in [-0.05, 0) is 37.9 Å². The molecule has 0 fully saturated rings. The maximum atomic E-state index is 9.03. The van der Waals surface area contributed by atoms with Gasteiger partial charge in [-0.1, -0.05) is 34.6 Å². The van der Waals surface area contributed by atoms with E-state index in [4.69, 9.17) is 5.11 Å². The second kappa shape index (κ2) is 8.90. The second-order valence-corrected chi connectivity index (χ2v) is 5.83. The Hall–Kier alpha value is -0.120. The highest BCUT2D eigenvalue weighted by molar-refractivity contribution is 4.81. The lowest BCUT2D eigenvalue weighted by Crippen LogP contribution is -2.43. The minimum atomic E-state index is 0.265. The van der Waals surface area contributed by atoms with Crippen molar-refractivity contribution in [3.8, 4) is 0 Å². The molecule has 0 aliphatic heterocycles. The van der Waals surface area contributed by atoms with Crippen LogP contribution in [0.1, 0.15) is 47.5 Å². The predicted molar refractivity (Wildman–Crippen MR) is 75.4 cm³/mol. The van der Waals surface area contributed by atoms with Gasteiger partial charge in [0.25, 0.3) is 0 Å². The fourth-order valence-electron chi connectivity index (χ4n) is 2.19. The van der Waals surface area contributed by atoms with Crippen molar-refractivity contribution in [1.29, 1.82) is 0 Å². The lowest BCUT2D eigenvalue weighted by Gasteiger charge is -2.33. The zero-order chi connectivity index (χ0) is 13.3. The molecule has 0 spiro atoms. The highest BCUT2D eigenvalue weighted by Crippen LogP contribution is 2.22. The van der Waals surface area contributed by atoms with E-state index in [1.807, 2.05) is 0 Å². The fraction of sp³-hybridized carbons (Fsp3) is 1.00. The second-order valence-electron chi connectivity index (χ2n) is 5.83. The largest absolute Gasteiger partial charge is 0.395 e. The van der Waals surface area contributed by atoms with Crippen molar-refractivity contribution in [2.24, 2.45) is 5.41 Å². The third-order valence-corrected chi connectivity index (χ3v) is 3.19. The summed E-state index contributed by atoms with van der Waals surface area (Å²) in [7, 11) is 0. The van der Waals surface area contributed by atoms with E-state index in [1.54, 1.807) is 0 Å². The molecular weight excluding hydrogens is 212 g/mol. The molecule has 0 aromatic carbocycles. The summed E-state index contributed by atoms with van der Waals surface area (Å²) < 4.78 is 0. The SMILES string of the molecule is CCCN(CCO)CCC(NCC)C(C)(C)C. The molecule has 1 atom stereocenters. The van der Waals surface area contributed by atoms with Crippen LogP contribution in [-0.4, -0.2) is 48.8 Å². The van der Waals surface area contributed by atoms with Crippen LogP contribution in [0.3, 0.4) is 0 Å². The molecule has 3 nitrogen and oxygen atoms in total. The van der Waals surface area contributed by atoms with Crippen molar-refractivity contribution in [3.05, 3.63) is 0 Å². The van der Waals surface area contributed by atoms with Crippen LogP contribution < -0.4 is 5.32 Å². The summed E-state index contributed by atoms with van der Waals surface area (Å²) in [4.78, 5) is 2.36. The Labute approximate surface area is 108 Å². The number of aliphatic hydroxyl groups is 1. The summed E-state index contributed by atoms with van der Waals surface area (Å²) in [6, 6.07) is 0.547. The number of hydrogen-bond donors (Lipinski definition) is 2. The summed E-state index contributed by atoms with van der Waals surface area (Å²) in [5.74, 6) is 0. The average molecular weight is 244 g/mol. The van der Waals surface area contributed by atoms with Gasteiger partial charge in [0.2, 0.25) is 0 Å².